The summed E-state index contributed by atoms with van der Waals surface area (Å²) in [6, 6.07) is 5.18. The van der Waals surface area contributed by atoms with Gasteiger partial charge < -0.3 is 15.2 Å². The minimum absolute atomic E-state index is 0.366. The zero-order chi connectivity index (χ0) is 10.8. The van der Waals surface area contributed by atoms with E-state index in [9.17, 15) is 4.79 Å². The van der Waals surface area contributed by atoms with Gasteiger partial charge in [0.2, 0.25) is 0 Å². The Kier molecular flexibility index (Phi) is 2.37. The van der Waals surface area contributed by atoms with Gasteiger partial charge in [-0.3, -0.25) is 4.90 Å². The van der Waals surface area contributed by atoms with Gasteiger partial charge in [-0.05, 0) is 12.1 Å². The van der Waals surface area contributed by atoms with E-state index in [1.807, 2.05) is 0 Å². The van der Waals surface area contributed by atoms with Crippen LogP contribution in [0.1, 0.15) is 0 Å². The molecule has 2 N–H and O–H groups in total. The van der Waals surface area contributed by atoms with Crippen LogP contribution < -0.4 is 15.4 Å². The molecular weight excluding hydrogens is 196 g/mol. The van der Waals surface area contributed by atoms with Gasteiger partial charge in [-0.2, -0.15) is 0 Å². The van der Waals surface area contributed by atoms with Crippen molar-refractivity contribution in [1.82, 2.24) is 0 Å². The summed E-state index contributed by atoms with van der Waals surface area (Å²) >= 11 is 0. The number of ether oxygens (including phenoxy) is 2. The van der Waals surface area contributed by atoms with Crippen molar-refractivity contribution in [2.24, 2.45) is 0 Å². The van der Waals surface area contributed by atoms with E-state index in [4.69, 9.17) is 15.2 Å². The number of amides is 1. The van der Waals surface area contributed by atoms with Crippen LogP contribution in [0.2, 0.25) is 0 Å². The van der Waals surface area contributed by atoms with Crippen molar-refractivity contribution in [3.8, 4) is 5.75 Å². The van der Waals surface area contributed by atoms with E-state index in [-0.39, 0.29) is 6.09 Å². The molecule has 1 aliphatic rings. The van der Waals surface area contributed by atoms with Crippen molar-refractivity contribution < 1.29 is 14.3 Å². The van der Waals surface area contributed by atoms with Gasteiger partial charge in [0, 0.05) is 6.07 Å². The Morgan fingerprint density at radius 3 is 2.93 bits per heavy atom. The van der Waals surface area contributed by atoms with Gasteiger partial charge in [-0.15, -0.1) is 0 Å². The standard InChI is InChI=1S/C10H12N2O3/c1-14-7-2-3-8(11)9(6-7)12-4-5-15-10(12)13/h2-3,6H,4-5,11H2,1H3. The maximum atomic E-state index is 11.3. The van der Waals surface area contributed by atoms with E-state index in [0.29, 0.717) is 30.3 Å². The third-order valence-electron chi connectivity index (χ3n) is 2.29. The lowest BCUT2D eigenvalue weighted by molar-refractivity contribution is 0.181. The molecule has 1 heterocycles. The van der Waals surface area contributed by atoms with E-state index in [1.54, 1.807) is 25.3 Å². The molecule has 1 aromatic carbocycles. The van der Waals surface area contributed by atoms with Gasteiger partial charge in [0.15, 0.2) is 0 Å². The average molecular weight is 208 g/mol. The number of anilines is 2. The smallest absolute Gasteiger partial charge is 0.414 e. The lowest BCUT2D eigenvalue weighted by atomic mass is 10.2. The topological polar surface area (TPSA) is 64.8 Å². The highest BCUT2D eigenvalue weighted by Gasteiger charge is 2.25. The third kappa shape index (κ3) is 1.68. The Balaban J connectivity index is 2.37. The highest BCUT2D eigenvalue weighted by molar-refractivity contribution is 5.93. The molecule has 0 unspecified atom stereocenters. The lowest BCUT2D eigenvalue weighted by Gasteiger charge is -2.15. The molecule has 1 aliphatic heterocycles. The van der Waals surface area contributed by atoms with Gasteiger partial charge in [0.25, 0.3) is 0 Å². The largest absolute Gasteiger partial charge is 0.497 e. The average Bonchev–Trinajstić information content (AvgIpc) is 2.65. The Morgan fingerprint density at radius 2 is 2.33 bits per heavy atom. The summed E-state index contributed by atoms with van der Waals surface area (Å²) in [7, 11) is 1.57. The molecule has 0 radical (unpaired) electrons. The van der Waals surface area contributed by atoms with Crippen LogP contribution in [0.5, 0.6) is 5.75 Å². The van der Waals surface area contributed by atoms with E-state index in [0.717, 1.165) is 0 Å². The Morgan fingerprint density at radius 1 is 1.53 bits per heavy atom. The Labute approximate surface area is 87.4 Å². The van der Waals surface area contributed by atoms with Crippen LogP contribution in [-0.2, 0) is 4.74 Å². The molecule has 1 amide bonds. The molecule has 0 spiro atoms. The van der Waals surface area contributed by atoms with Gasteiger partial charge >= 0.3 is 6.09 Å². The second-order valence-electron chi connectivity index (χ2n) is 3.19. The van der Waals surface area contributed by atoms with Crippen LogP contribution in [0.3, 0.4) is 0 Å². The fraction of sp³-hybridized carbons (Fsp3) is 0.300. The minimum atomic E-state index is -0.366. The molecule has 0 bridgehead atoms. The van der Waals surface area contributed by atoms with Crippen molar-refractivity contribution in [1.29, 1.82) is 0 Å². The van der Waals surface area contributed by atoms with Crippen LogP contribution in [-0.4, -0.2) is 26.4 Å². The lowest BCUT2D eigenvalue weighted by Crippen LogP contribution is -2.24. The first-order valence-corrected chi connectivity index (χ1v) is 4.60. The van der Waals surface area contributed by atoms with Crippen molar-refractivity contribution in [3.63, 3.8) is 0 Å². The number of carbonyl (C=O) groups is 1. The molecular formula is C10H12N2O3. The predicted octanol–water partition coefficient (Wildman–Crippen LogP) is 1.23. The van der Waals surface area contributed by atoms with E-state index >= 15 is 0 Å². The minimum Gasteiger partial charge on any atom is -0.497 e. The Hall–Kier alpha value is -1.91. The zero-order valence-corrected chi connectivity index (χ0v) is 8.40. The van der Waals surface area contributed by atoms with Crippen molar-refractivity contribution >= 4 is 17.5 Å². The quantitative estimate of drug-likeness (QED) is 0.742. The number of rotatable bonds is 2. The first kappa shape index (κ1) is 9.64. The van der Waals surface area contributed by atoms with Crippen molar-refractivity contribution in [2.45, 2.75) is 0 Å². The van der Waals surface area contributed by atoms with Crippen molar-refractivity contribution in [2.75, 3.05) is 30.9 Å². The van der Waals surface area contributed by atoms with Gasteiger partial charge in [-0.1, -0.05) is 0 Å². The van der Waals surface area contributed by atoms with Crippen LogP contribution in [0.25, 0.3) is 0 Å². The molecule has 1 fully saturated rings. The van der Waals surface area contributed by atoms with Gasteiger partial charge in [-0.25, -0.2) is 4.79 Å². The molecule has 0 aliphatic carbocycles. The zero-order valence-electron chi connectivity index (χ0n) is 8.40. The normalized spacial score (nSPS) is 15.3. The fourth-order valence-electron chi connectivity index (χ4n) is 1.50. The summed E-state index contributed by atoms with van der Waals surface area (Å²) in [6.07, 6.45) is -0.366. The number of nitrogens with two attached hydrogens (primary N) is 1. The molecule has 1 aromatic rings. The summed E-state index contributed by atoms with van der Waals surface area (Å²) in [5.41, 5.74) is 6.95. The summed E-state index contributed by atoms with van der Waals surface area (Å²) < 4.78 is 9.91. The van der Waals surface area contributed by atoms with Crippen LogP contribution in [0.4, 0.5) is 16.2 Å². The maximum absolute atomic E-state index is 11.3. The molecule has 0 aromatic heterocycles. The number of nitrogens with zero attached hydrogens (tertiary/aromatic N) is 1. The summed E-state index contributed by atoms with van der Waals surface area (Å²) in [5, 5.41) is 0. The number of carbonyl (C=O) groups excluding carboxylic acids is 1. The van der Waals surface area contributed by atoms with Gasteiger partial charge in [0.05, 0.1) is 25.0 Å². The molecule has 2 rings (SSSR count). The highest BCUT2D eigenvalue weighted by atomic mass is 16.6. The molecule has 5 nitrogen and oxygen atoms in total. The number of cyclic esters (lactones) is 1. The molecule has 15 heavy (non-hydrogen) atoms. The fourth-order valence-corrected chi connectivity index (χ4v) is 1.50. The highest BCUT2D eigenvalue weighted by Crippen LogP contribution is 2.29. The second-order valence-corrected chi connectivity index (χ2v) is 3.19. The SMILES string of the molecule is COc1ccc(N)c(N2CCOC2=O)c1. The van der Waals surface area contributed by atoms with E-state index in [1.165, 1.54) is 4.90 Å². The molecule has 80 valence electrons. The first-order chi connectivity index (χ1) is 7.22. The van der Waals surface area contributed by atoms with Crippen molar-refractivity contribution in [3.05, 3.63) is 18.2 Å². The van der Waals surface area contributed by atoms with Crippen LogP contribution in [0.15, 0.2) is 18.2 Å². The molecule has 0 atom stereocenters. The summed E-state index contributed by atoms with van der Waals surface area (Å²) in [4.78, 5) is 12.8. The second kappa shape index (κ2) is 3.68. The van der Waals surface area contributed by atoms with E-state index < -0.39 is 0 Å². The molecule has 1 saturated heterocycles. The number of hydrogen-bond donors (Lipinski definition) is 1. The number of nitrogen functional groups attached to an aromatic ring is 1. The third-order valence-corrected chi connectivity index (χ3v) is 2.29. The maximum Gasteiger partial charge on any atom is 0.414 e. The number of methoxy groups -OCH3 is 1. The predicted molar refractivity (Wildman–Crippen MR) is 56.1 cm³/mol. The van der Waals surface area contributed by atoms with Gasteiger partial charge in [0.1, 0.15) is 12.4 Å². The van der Waals surface area contributed by atoms with Crippen LogP contribution >= 0.6 is 0 Å². The Bertz CT molecular complexity index is 392. The number of hydrogen-bond acceptors (Lipinski definition) is 4. The first-order valence-electron chi connectivity index (χ1n) is 4.60. The summed E-state index contributed by atoms with van der Waals surface area (Å²) in [5.74, 6) is 0.666. The number of benzene rings is 1. The molecule has 5 heteroatoms. The van der Waals surface area contributed by atoms with E-state index in [2.05, 4.69) is 0 Å². The van der Waals surface area contributed by atoms with Crippen LogP contribution in [0, 0.1) is 0 Å². The monoisotopic (exact) mass is 208 g/mol. The molecule has 0 saturated carbocycles. The summed E-state index contributed by atoms with van der Waals surface area (Å²) in [6.45, 7) is 0.922.